The minimum Gasteiger partial charge on any atom is -0.423 e. The molecule has 0 radical (unpaired) electrons. The minimum atomic E-state index is -1.19. The summed E-state index contributed by atoms with van der Waals surface area (Å²) in [6, 6.07) is 0. The van der Waals surface area contributed by atoms with Crippen LogP contribution < -0.4 is 11.2 Å². The smallest absolute Gasteiger partial charge is 0.423 e. The van der Waals surface area contributed by atoms with Gasteiger partial charge in [-0.3, -0.25) is 0 Å². The Morgan fingerprint density at radius 2 is 1.95 bits per heavy atom. The lowest BCUT2D eigenvalue weighted by atomic mass is 9.75. The summed E-state index contributed by atoms with van der Waals surface area (Å²) in [6.07, 6.45) is 3.57. The van der Waals surface area contributed by atoms with Crippen molar-refractivity contribution in [2.45, 2.75) is 57.7 Å². The van der Waals surface area contributed by atoms with E-state index in [1.165, 1.54) is 6.20 Å². The van der Waals surface area contributed by atoms with E-state index in [2.05, 4.69) is 9.97 Å². The van der Waals surface area contributed by atoms with Gasteiger partial charge in [-0.1, -0.05) is 0 Å². The number of nitrogens with zero attached hydrogens (tertiary/aromatic N) is 2. The summed E-state index contributed by atoms with van der Waals surface area (Å²) in [5, 5.41) is 20.4. The third-order valence-electron chi connectivity index (χ3n) is 3.98. The van der Waals surface area contributed by atoms with E-state index in [1.807, 2.05) is 0 Å². The highest BCUT2D eigenvalue weighted by atomic mass is 16.5. The Balaban J connectivity index is 2.23. The van der Waals surface area contributed by atoms with Gasteiger partial charge in [-0.25, -0.2) is 9.97 Å². The fourth-order valence-electron chi connectivity index (χ4n) is 1.78. The lowest BCUT2D eigenvalue weighted by Gasteiger charge is -2.38. The molecule has 0 aromatic carbocycles. The van der Waals surface area contributed by atoms with Gasteiger partial charge in [0.2, 0.25) is 5.95 Å². The largest absolute Gasteiger partial charge is 0.495 e. The number of aliphatic hydroxyl groups is 1. The molecule has 1 saturated carbocycles. The van der Waals surface area contributed by atoms with E-state index < -0.39 is 18.3 Å². The second-order valence-corrected chi connectivity index (χ2v) is 6.38. The summed E-state index contributed by atoms with van der Waals surface area (Å²) in [5.74, 6) is 0.517. The van der Waals surface area contributed by atoms with Crippen molar-refractivity contribution in [3.63, 3.8) is 0 Å². The average molecular weight is 279 g/mol. The van der Waals surface area contributed by atoms with Crippen LogP contribution in [0.3, 0.4) is 0 Å². The molecule has 0 saturated heterocycles. The van der Waals surface area contributed by atoms with Crippen LogP contribution in [0.4, 0.5) is 5.95 Å². The SMILES string of the molecule is CC(C)(O)C(C)(C)OB(O)c1cnc(N)nc1C1CC1. The van der Waals surface area contributed by atoms with E-state index in [-0.39, 0.29) is 5.95 Å². The number of nitrogen functional groups attached to an aromatic ring is 1. The monoisotopic (exact) mass is 279 g/mol. The van der Waals surface area contributed by atoms with Gasteiger partial charge in [0.1, 0.15) is 0 Å². The molecule has 7 heteroatoms. The van der Waals surface area contributed by atoms with Gasteiger partial charge in [-0.05, 0) is 40.5 Å². The molecule has 4 N–H and O–H groups in total. The molecule has 6 nitrogen and oxygen atoms in total. The Kier molecular flexibility index (Phi) is 3.79. The Bertz CT molecular complexity index is 498. The first-order chi connectivity index (χ1) is 9.12. The van der Waals surface area contributed by atoms with Crippen LogP contribution >= 0.6 is 0 Å². The topological polar surface area (TPSA) is 101 Å². The van der Waals surface area contributed by atoms with Crippen molar-refractivity contribution >= 4 is 18.5 Å². The summed E-state index contributed by atoms with van der Waals surface area (Å²) in [4.78, 5) is 8.14. The normalized spacial score (nSPS) is 16.3. The van der Waals surface area contributed by atoms with Gasteiger partial charge in [0, 0.05) is 23.3 Å². The summed E-state index contributed by atoms with van der Waals surface area (Å²) < 4.78 is 5.63. The maximum atomic E-state index is 10.3. The van der Waals surface area contributed by atoms with Crippen LogP contribution in [-0.2, 0) is 4.65 Å². The number of nitrogens with two attached hydrogens (primary N) is 1. The molecule has 1 aromatic heterocycles. The van der Waals surface area contributed by atoms with Crippen LogP contribution in [0, 0.1) is 0 Å². The molecule has 1 fully saturated rings. The van der Waals surface area contributed by atoms with E-state index in [0.29, 0.717) is 11.4 Å². The average Bonchev–Trinajstić information content (AvgIpc) is 3.09. The van der Waals surface area contributed by atoms with Gasteiger partial charge in [0.25, 0.3) is 0 Å². The van der Waals surface area contributed by atoms with E-state index in [1.54, 1.807) is 27.7 Å². The molecule has 0 bridgehead atoms. The highest BCUT2D eigenvalue weighted by molar-refractivity contribution is 6.60. The quantitative estimate of drug-likeness (QED) is 0.665. The molecule has 1 heterocycles. The van der Waals surface area contributed by atoms with Crippen LogP contribution in [0.1, 0.15) is 52.1 Å². The van der Waals surface area contributed by atoms with Gasteiger partial charge in [0.05, 0.1) is 11.2 Å². The molecule has 20 heavy (non-hydrogen) atoms. The molecule has 0 aliphatic heterocycles. The molecule has 0 amide bonds. The maximum Gasteiger partial charge on any atom is 0.495 e. The summed E-state index contributed by atoms with van der Waals surface area (Å²) >= 11 is 0. The first-order valence-electron chi connectivity index (χ1n) is 6.82. The fraction of sp³-hybridized carbons (Fsp3) is 0.692. The lowest BCUT2D eigenvalue weighted by Crippen LogP contribution is -2.53. The third-order valence-corrected chi connectivity index (χ3v) is 3.98. The van der Waals surface area contributed by atoms with Gasteiger partial charge >= 0.3 is 7.12 Å². The van der Waals surface area contributed by atoms with Crippen LogP contribution in [0.2, 0.25) is 0 Å². The minimum absolute atomic E-state index is 0.199. The zero-order valence-corrected chi connectivity index (χ0v) is 12.4. The first kappa shape index (κ1) is 15.2. The number of rotatable bonds is 5. The molecule has 0 spiro atoms. The highest BCUT2D eigenvalue weighted by Gasteiger charge is 2.41. The van der Waals surface area contributed by atoms with E-state index in [9.17, 15) is 10.1 Å². The van der Waals surface area contributed by atoms with Gasteiger partial charge in [-0.15, -0.1) is 0 Å². The van der Waals surface area contributed by atoms with Crippen LogP contribution in [0.25, 0.3) is 0 Å². The summed E-state index contributed by atoms with van der Waals surface area (Å²) in [7, 11) is -1.19. The summed E-state index contributed by atoms with van der Waals surface area (Å²) in [6.45, 7) is 6.73. The second kappa shape index (κ2) is 4.98. The van der Waals surface area contributed by atoms with Crippen molar-refractivity contribution < 1.29 is 14.8 Å². The third kappa shape index (κ3) is 3.11. The van der Waals surface area contributed by atoms with E-state index in [0.717, 1.165) is 18.5 Å². The molecule has 2 rings (SSSR count). The maximum absolute atomic E-state index is 10.3. The van der Waals surface area contributed by atoms with Crippen LogP contribution in [0.15, 0.2) is 6.20 Å². The predicted molar refractivity (Wildman–Crippen MR) is 77.5 cm³/mol. The second-order valence-electron chi connectivity index (χ2n) is 6.38. The molecule has 1 aliphatic carbocycles. The molecule has 0 atom stereocenters. The lowest BCUT2D eigenvalue weighted by molar-refractivity contribution is -0.0983. The summed E-state index contributed by atoms with van der Waals surface area (Å²) in [5.41, 5.74) is 4.86. The number of hydrogen-bond acceptors (Lipinski definition) is 6. The number of aromatic nitrogens is 2. The van der Waals surface area contributed by atoms with Crippen molar-refractivity contribution in [1.82, 2.24) is 9.97 Å². The van der Waals surface area contributed by atoms with Gasteiger partial charge < -0.3 is 20.5 Å². The fourth-order valence-corrected chi connectivity index (χ4v) is 1.78. The molecule has 1 aliphatic rings. The molecular formula is C13H22BN3O3. The Morgan fingerprint density at radius 1 is 1.35 bits per heavy atom. The van der Waals surface area contributed by atoms with Crippen LogP contribution in [-0.4, -0.2) is 38.4 Å². The van der Waals surface area contributed by atoms with Crippen molar-refractivity contribution in [2.24, 2.45) is 0 Å². The van der Waals surface area contributed by atoms with Crippen molar-refractivity contribution in [3.8, 4) is 0 Å². The molecule has 110 valence electrons. The zero-order valence-electron chi connectivity index (χ0n) is 12.4. The Labute approximate surface area is 119 Å². The molecular weight excluding hydrogens is 257 g/mol. The first-order valence-corrected chi connectivity index (χ1v) is 6.82. The molecule has 0 unspecified atom stereocenters. The van der Waals surface area contributed by atoms with Gasteiger partial charge in [0.15, 0.2) is 0 Å². The number of hydrogen-bond donors (Lipinski definition) is 3. The van der Waals surface area contributed by atoms with E-state index >= 15 is 0 Å². The van der Waals surface area contributed by atoms with Gasteiger partial charge in [-0.2, -0.15) is 0 Å². The van der Waals surface area contributed by atoms with Crippen molar-refractivity contribution in [1.29, 1.82) is 0 Å². The van der Waals surface area contributed by atoms with Crippen molar-refractivity contribution in [2.75, 3.05) is 5.73 Å². The molecule has 1 aromatic rings. The Morgan fingerprint density at radius 3 is 2.45 bits per heavy atom. The van der Waals surface area contributed by atoms with Crippen molar-refractivity contribution in [3.05, 3.63) is 11.9 Å². The highest BCUT2D eigenvalue weighted by Crippen LogP contribution is 2.38. The zero-order chi connectivity index (χ0) is 15.1. The van der Waals surface area contributed by atoms with Crippen LogP contribution in [0.5, 0.6) is 0 Å². The predicted octanol–water partition coefficient (Wildman–Crippen LogP) is 0.190. The standard InChI is InChI=1S/C13H22BN3O3/c1-12(2,18)13(3,4)20-14(19)9-7-16-11(15)17-10(9)8-5-6-8/h7-8,18-19H,5-6H2,1-4H3,(H2,15,16,17). The number of anilines is 1. The Hall–Kier alpha value is -1.18. The van der Waals surface area contributed by atoms with E-state index in [4.69, 9.17) is 10.4 Å².